The molecule has 116 valence electrons. The van der Waals surface area contributed by atoms with Crippen molar-refractivity contribution in [1.29, 1.82) is 0 Å². The SMILES string of the molecule is CCOc1cc(NC(=O)C[S+]([O-])CC(=O)O)c(Cl)cc1Cl. The number of hydrogen-bond acceptors (Lipinski definition) is 4. The highest BCUT2D eigenvalue weighted by Crippen LogP contribution is 2.34. The van der Waals surface area contributed by atoms with Crippen LogP contribution < -0.4 is 10.1 Å². The topological polar surface area (TPSA) is 98.7 Å². The average Bonchev–Trinajstić information content (AvgIpc) is 2.34. The second-order valence-electron chi connectivity index (χ2n) is 3.87. The van der Waals surface area contributed by atoms with Gasteiger partial charge in [0.15, 0.2) is 5.75 Å². The van der Waals surface area contributed by atoms with Crippen molar-refractivity contribution < 1.29 is 24.0 Å². The second kappa shape index (κ2) is 8.33. The van der Waals surface area contributed by atoms with Crippen LogP contribution in [-0.2, 0) is 20.8 Å². The number of ether oxygens (including phenoxy) is 1. The molecule has 0 spiro atoms. The molecule has 1 amide bonds. The first-order valence-electron chi connectivity index (χ1n) is 5.82. The Bertz CT molecular complexity index is 541. The lowest BCUT2D eigenvalue weighted by molar-refractivity contribution is -0.134. The minimum absolute atomic E-state index is 0.195. The van der Waals surface area contributed by atoms with Gasteiger partial charge < -0.3 is 19.7 Å². The van der Waals surface area contributed by atoms with Crippen molar-refractivity contribution in [2.75, 3.05) is 23.4 Å². The fraction of sp³-hybridized carbons (Fsp3) is 0.333. The molecule has 6 nitrogen and oxygen atoms in total. The molecule has 0 aliphatic heterocycles. The Morgan fingerprint density at radius 3 is 2.57 bits per heavy atom. The minimum Gasteiger partial charge on any atom is -0.616 e. The third-order valence-corrected chi connectivity index (χ3v) is 3.93. The number of carbonyl (C=O) groups is 2. The molecular weight excluding hydrogens is 341 g/mol. The Morgan fingerprint density at radius 1 is 1.33 bits per heavy atom. The number of carboxylic acid groups (broad SMARTS) is 1. The predicted molar refractivity (Wildman–Crippen MR) is 81.8 cm³/mol. The van der Waals surface area contributed by atoms with E-state index in [0.717, 1.165) is 0 Å². The number of nitrogens with one attached hydrogen (secondary N) is 1. The van der Waals surface area contributed by atoms with Crippen molar-refractivity contribution in [1.82, 2.24) is 0 Å². The fourth-order valence-electron chi connectivity index (χ4n) is 1.41. The summed E-state index contributed by atoms with van der Waals surface area (Å²) in [4.78, 5) is 22.1. The molecule has 0 radical (unpaired) electrons. The van der Waals surface area contributed by atoms with Crippen LogP contribution >= 0.6 is 23.2 Å². The number of hydrogen-bond donors (Lipinski definition) is 2. The highest BCUT2D eigenvalue weighted by Gasteiger charge is 2.18. The number of carbonyl (C=O) groups excluding carboxylic acids is 1. The monoisotopic (exact) mass is 353 g/mol. The normalized spacial score (nSPS) is 11.8. The van der Waals surface area contributed by atoms with Gasteiger partial charge in [-0.15, -0.1) is 0 Å². The summed E-state index contributed by atoms with van der Waals surface area (Å²) < 4.78 is 16.6. The summed E-state index contributed by atoms with van der Waals surface area (Å²) in [5.41, 5.74) is 0.252. The number of aliphatic carboxylic acids is 1. The Kier molecular flexibility index (Phi) is 7.10. The summed E-state index contributed by atoms with van der Waals surface area (Å²) in [7, 11) is 0. The van der Waals surface area contributed by atoms with Crippen molar-refractivity contribution in [2.45, 2.75) is 6.92 Å². The molecule has 0 aliphatic rings. The van der Waals surface area contributed by atoms with Gasteiger partial charge in [-0.05, 0) is 24.2 Å². The van der Waals surface area contributed by atoms with Crippen LogP contribution in [0.3, 0.4) is 0 Å². The quantitative estimate of drug-likeness (QED) is 0.731. The van der Waals surface area contributed by atoms with Gasteiger partial charge in [0.1, 0.15) is 5.75 Å². The highest BCUT2D eigenvalue weighted by molar-refractivity contribution is 7.92. The summed E-state index contributed by atoms with van der Waals surface area (Å²) in [5.74, 6) is -2.52. The lowest BCUT2D eigenvalue weighted by Gasteiger charge is -2.12. The summed E-state index contributed by atoms with van der Waals surface area (Å²) in [5, 5.41) is 11.4. The molecule has 1 atom stereocenters. The number of carboxylic acids is 1. The molecule has 0 aliphatic carbocycles. The molecule has 9 heteroatoms. The maximum absolute atomic E-state index is 11.7. The molecule has 1 rings (SSSR count). The fourth-order valence-corrected chi connectivity index (χ4v) is 2.64. The minimum atomic E-state index is -1.79. The molecule has 2 N–H and O–H groups in total. The zero-order chi connectivity index (χ0) is 16.0. The van der Waals surface area contributed by atoms with Crippen molar-refractivity contribution >= 4 is 51.9 Å². The van der Waals surface area contributed by atoms with E-state index in [-0.39, 0.29) is 10.7 Å². The number of benzene rings is 1. The molecule has 0 aromatic heterocycles. The average molecular weight is 354 g/mol. The number of anilines is 1. The van der Waals surface area contributed by atoms with Gasteiger partial charge in [0.25, 0.3) is 5.91 Å². The lowest BCUT2D eigenvalue weighted by atomic mass is 10.3. The van der Waals surface area contributed by atoms with Crippen LogP contribution in [0.4, 0.5) is 5.69 Å². The van der Waals surface area contributed by atoms with Crippen LogP contribution in [0.5, 0.6) is 5.75 Å². The number of rotatable bonds is 7. The summed E-state index contributed by atoms with van der Waals surface area (Å²) in [6, 6.07) is 2.87. The third kappa shape index (κ3) is 6.01. The molecule has 0 heterocycles. The predicted octanol–water partition coefficient (Wildman–Crippen LogP) is 2.16. The first kappa shape index (κ1) is 17.9. The van der Waals surface area contributed by atoms with Gasteiger partial charge in [-0.2, -0.15) is 0 Å². The Morgan fingerprint density at radius 2 is 2.00 bits per heavy atom. The van der Waals surface area contributed by atoms with Crippen LogP contribution in [-0.4, -0.2) is 39.6 Å². The van der Waals surface area contributed by atoms with Crippen LogP contribution in [0.2, 0.25) is 10.0 Å². The zero-order valence-electron chi connectivity index (χ0n) is 11.0. The number of amides is 1. The molecule has 0 bridgehead atoms. The number of halogens is 2. The van der Waals surface area contributed by atoms with Crippen molar-refractivity contribution in [3.8, 4) is 5.75 Å². The third-order valence-electron chi connectivity index (χ3n) is 2.17. The van der Waals surface area contributed by atoms with Gasteiger partial charge in [0.2, 0.25) is 5.75 Å². The van der Waals surface area contributed by atoms with E-state index in [1.807, 2.05) is 0 Å². The summed E-state index contributed by atoms with van der Waals surface area (Å²) in [6.07, 6.45) is 0. The zero-order valence-corrected chi connectivity index (χ0v) is 13.3. The van der Waals surface area contributed by atoms with E-state index in [1.165, 1.54) is 12.1 Å². The molecule has 0 saturated carbocycles. The molecular formula is C12H13Cl2NO5S. The molecule has 1 aromatic carbocycles. The Hall–Kier alpha value is -1.15. The molecule has 0 saturated heterocycles. The van der Waals surface area contributed by atoms with Crippen LogP contribution in [0.1, 0.15) is 6.92 Å². The van der Waals surface area contributed by atoms with Gasteiger partial charge in [0.05, 0.1) is 22.3 Å². The molecule has 21 heavy (non-hydrogen) atoms. The van der Waals surface area contributed by atoms with E-state index in [4.69, 9.17) is 33.0 Å². The first-order chi connectivity index (χ1) is 9.83. The highest BCUT2D eigenvalue weighted by atomic mass is 35.5. The molecule has 0 fully saturated rings. The van der Waals surface area contributed by atoms with E-state index in [2.05, 4.69) is 5.32 Å². The second-order valence-corrected chi connectivity index (χ2v) is 6.14. The van der Waals surface area contributed by atoms with Crippen LogP contribution in [0.15, 0.2) is 12.1 Å². The lowest BCUT2D eigenvalue weighted by Crippen LogP contribution is -2.27. The van der Waals surface area contributed by atoms with Gasteiger partial charge in [0, 0.05) is 6.07 Å². The van der Waals surface area contributed by atoms with E-state index in [9.17, 15) is 14.1 Å². The van der Waals surface area contributed by atoms with E-state index in [0.29, 0.717) is 17.4 Å². The summed E-state index contributed by atoms with van der Waals surface area (Å²) in [6.45, 7) is 2.16. The molecule has 1 unspecified atom stereocenters. The molecule has 1 aromatic rings. The Labute approximate surface area is 134 Å². The van der Waals surface area contributed by atoms with Gasteiger partial charge >= 0.3 is 5.97 Å². The van der Waals surface area contributed by atoms with Crippen LogP contribution in [0.25, 0.3) is 0 Å². The smallest absolute Gasteiger partial charge is 0.353 e. The maximum Gasteiger partial charge on any atom is 0.353 e. The van der Waals surface area contributed by atoms with Crippen molar-refractivity contribution in [3.05, 3.63) is 22.2 Å². The maximum atomic E-state index is 11.7. The van der Waals surface area contributed by atoms with E-state index < -0.39 is 34.6 Å². The van der Waals surface area contributed by atoms with Crippen molar-refractivity contribution in [3.63, 3.8) is 0 Å². The first-order valence-corrected chi connectivity index (χ1v) is 8.06. The Balaban J connectivity index is 2.75. The van der Waals surface area contributed by atoms with E-state index in [1.54, 1.807) is 6.92 Å². The van der Waals surface area contributed by atoms with Crippen LogP contribution in [0, 0.1) is 0 Å². The van der Waals surface area contributed by atoms with Crippen molar-refractivity contribution in [2.24, 2.45) is 0 Å². The van der Waals surface area contributed by atoms with Gasteiger partial charge in [-0.3, -0.25) is 4.79 Å². The largest absolute Gasteiger partial charge is 0.616 e. The standard InChI is InChI=1S/C12H13Cl2NO5S/c1-2-20-10-4-9(7(13)3-8(10)14)15-11(16)5-21(19)6-12(17)18/h3-4H,2,5-6H2,1H3,(H,15,16)(H,17,18). The van der Waals surface area contributed by atoms with Gasteiger partial charge in [-0.25, -0.2) is 4.79 Å². The van der Waals surface area contributed by atoms with Gasteiger partial charge in [-0.1, -0.05) is 23.2 Å². The van der Waals surface area contributed by atoms with E-state index >= 15 is 0 Å². The summed E-state index contributed by atoms with van der Waals surface area (Å²) >= 11 is 10.1.